The zero-order valence-corrected chi connectivity index (χ0v) is 37.5. The molecule has 0 radical (unpaired) electrons. The number of benzene rings is 4. The second-order valence-corrected chi connectivity index (χ2v) is 15.9. The molecule has 0 unspecified atom stereocenters. The molecule has 16 nitrogen and oxygen atoms in total. The van der Waals surface area contributed by atoms with Crippen molar-refractivity contribution in [2.75, 3.05) is 87.2 Å². The van der Waals surface area contributed by atoms with Gasteiger partial charge >= 0.3 is 5.69 Å². The highest BCUT2D eigenvalue weighted by Gasteiger charge is 2.26. The van der Waals surface area contributed by atoms with Crippen LogP contribution in [0.2, 0.25) is 0 Å². The zero-order chi connectivity index (χ0) is 45.8. The number of amides is 3. The van der Waals surface area contributed by atoms with Crippen molar-refractivity contribution in [2.24, 2.45) is 0 Å². The Kier molecular flexibility index (Phi) is 16.6. The fourth-order valence-corrected chi connectivity index (χ4v) is 8.02. The molecular weight excluding hydrogens is 807 g/mol. The van der Waals surface area contributed by atoms with E-state index in [0.717, 1.165) is 111 Å². The Bertz CT molecular complexity index is 2300. The maximum Gasteiger partial charge on any atom is 0.311 e. The van der Waals surface area contributed by atoms with E-state index < -0.39 is 4.92 Å². The van der Waals surface area contributed by atoms with Gasteiger partial charge in [0.05, 0.1) is 44.7 Å². The number of carbonyl (C=O) groups excluding carboxylic acids is 3. The summed E-state index contributed by atoms with van der Waals surface area (Å²) in [6, 6.07) is 16.3. The van der Waals surface area contributed by atoms with E-state index in [4.69, 9.17) is 30.4 Å². The summed E-state index contributed by atoms with van der Waals surface area (Å²) in [5.74, 6) is 2.37. The van der Waals surface area contributed by atoms with Crippen LogP contribution in [0.1, 0.15) is 84.6 Å². The van der Waals surface area contributed by atoms with E-state index in [9.17, 15) is 24.5 Å². The van der Waals surface area contributed by atoms with Gasteiger partial charge in [0.1, 0.15) is 17.2 Å². The number of methoxy groups -OCH3 is 4. The molecule has 0 spiro atoms. The molecule has 4 aliphatic heterocycles. The van der Waals surface area contributed by atoms with Crippen LogP contribution in [-0.2, 0) is 32.2 Å². The molecule has 5 N–H and O–H groups in total. The zero-order valence-electron chi connectivity index (χ0n) is 37.5. The average Bonchev–Trinajstić information content (AvgIpc) is 3.70. The highest BCUT2D eigenvalue weighted by molar-refractivity contribution is 5.98. The summed E-state index contributed by atoms with van der Waals surface area (Å²) in [7, 11) is 11.9. The Balaban J connectivity index is 0.000000159. The molecule has 8 rings (SSSR count). The molecule has 4 aromatic carbocycles. The third kappa shape index (κ3) is 11.9. The quantitative estimate of drug-likeness (QED) is 0.121. The Morgan fingerprint density at radius 2 is 1.10 bits per heavy atom. The summed E-state index contributed by atoms with van der Waals surface area (Å²) < 4.78 is 20.5. The minimum Gasteiger partial charge on any atom is -0.497 e. The van der Waals surface area contributed by atoms with Crippen LogP contribution in [0.5, 0.6) is 23.0 Å². The largest absolute Gasteiger partial charge is 0.497 e. The number of nitrogens with zero attached hydrogens (tertiary/aromatic N) is 4. The van der Waals surface area contributed by atoms with Crippen LogP contribution in [0.25, 0.3) is 0 Å². The second-order valence-electron chi connectivity index (χ2n) is 15.9. The SMILES string of the molecule is COc1cc2c(cc1N)C(=O)N(C)CCC2.COc1cc2c(cc1N)CN(C)CCC2.COc1cc2c(cc1[N+](=O)[O-])C(=O)N(C)CCC2.COc1ccc2c(c1)CCCNC2=O. The van der Waals surface area contributed by atoms with Crippen LogP contribution < -0.4 is 35.7 Å². The summed E-state index contributed by atoms with van der Waals surface area (Å²) in [5.41, 5.74) is 20.4. The first-order valence-electron chi connectivity index (χ1n) is 21.1. The van der Waals surface area contributed by atoms with E-state index in [0.29, 0.717) is 29.1 Å². The van der Waals surface area contributed by atoms with Crippen molar-refractivity contribution in [2.45, 2.75) is 57.9 Å². The molecule has 0 saturated carbocycles. The van der Waals surface area contributed by atoms with Crippen molar-refractivity contribution in [1.82, 2.24) is 20.0 Å². The molecular formula is C47H61N7O9. The van der Waals surface area contributed by atoms with Gasteiger partial charge in [-0.15, -0.1) is 0 Å². The summed E-state index contributed by atoms with van der Waals surface area (Å²) in [4.78, 5) is 51.7. The predicted octanol–water partition coefficient (Wildman–Crippen LogP) is 5.94. The van der Waals surface area contributed by atoms with Gasteiger partial charge in [-0.2, -0.15) is 0 Å². The molecule has 3 amide bonds. The number of ether oxygens (including phenoxy) is 4. The van der Waals surface area contributed by atoms with Crippen molar-refractivity contribution >= 4 is 34.8 Å². The first-order chi connectivity index (χ1) is 30.2. The lowest BCUT2D eigenvalue weighted by Crippen LogP contribution is -2.26. The number of anilines is 2. The van der Waals surface area contributed by atoms with Gasteiger partial charge in [0.2, 0.25) is 0 Å². The standard InChI is InChI=1S/C12H14N2O4.C12H16N2O2.C12H18N2O.C11H13NO2/c1-13-5-3-4-8-6-11(18-2)10(14(16)17)7-9(8)12(13)15;1-14-5-3-4-8-6-11(16-2)10(13)7-9(8)12(14)15;1-14-5-3-4-9-7-12(15-2)11(13)6-10(9)8-14;1-14-9-4-5-10-8(7-9)3-2-6-12-11(10)13/h6-7H,3-5H2,1-2H3;6-7H,3-5,13H2,1-2H3;6-7H,3-5,8,13H2,1-2H3;4-5,7H,2-3,6H2,1H3,(H,12,13). The lowest BCUT2D eigenvalue weighted by atomic mass is 10.0. The monoisotopic (exact) mass is 867 g/mol. The number of carbonyl (C=O) groups is 3. The van der Waals surface area contributed by atoms with Gasteiger partial charge in [0, 0.05) is 63.0 Å². The number of nitro benzene ring substituents is 1. The molecule has 0 saturated heterocycles. The molecule has 16 heteroatoms. The third-order valence-electron chi connectivity index (χ3n) is 11.5. The third-order valence-corrected chi connectivity index (χ3v) is 11.5. The number of fused-ring (bicyclic) bond motifs is 4. The second kappa shape index (κ2) is 22.0. The minimum atomic E-state index is -0.530. The Morgan fingerprint density at radius 3 is 1.68 bits per heavy atom. The first-order valence-corrected chi connectivity index (χ1v) is 21.1. The molecule has 4 aliphatic rings. The molecule has 0 aliphatic carbocycles. The normalized spacial score (nSPS) is 15.7. The van der Waals surface area contributed by atoms with Crippen LogP contribution >= 0.6 is 0 Å². The van der Waals surface area contributed by atoms with E-state index in [1.165, 1.54) is 30.7 Å². The van der Waals surface area contributed by atoms with Crippen molar-refractivity contribution in [1.29, 1.82) is 0 Å². The minimum absolute atomic E-state index is 0.0279. The lowest BCUT2D eigenvalue weighted by Gasteiger charge is -2.15. The van der Waals surface area contributed by atoms with E-state index in [-0.39, 0.29) is 29.2 Å². The first kappa shape index (κ1) is 47.5. The van der Waals surface area contributed by atoms with Crippen LogP contribution in [0.3, 0.4) is 0 Å². The van der Waals surface area contributed by atoms with Crippen molar-refractivity contribution in [3.05, 3.63) is 109 Å². The van der Waals surface area contributed by atoms with Gasteiger partial charge in [-0.25, -0.2) is 0 Å². The number of nitro groups is 1. The van der Waals surface area contributed by atoms with Crippen molar-refractivity contribution in [3.8, 4) is 23.0 Å². The lowest BCUT2D eigenvalue weighted by molar-refractivity contribution is -0.385. The summed E-state index contributed by atoms with van der Waals surface area (Å²) >= 11 is 0. The number of nitrogens with two attached hydrogens (primary N) is 2. The fourth-order valence-electron chi connectivity index (χ4n) is 8.02. The number of aryl methyl sites for hydroxylation is 4. The van der Waals surface area contributed by atoms with Gasteiger partial charge in [-0.05, 0) is 141 Å². The predicted molar refractivity (Wildman–Crippen MR) is 243 cm³/mol. The van der Waals surface area contributed by atoms with Crippen LogP contribution in [0.4, 0.5) is 17.1 Å². The van der Waals surface area contributed by atoms with Gasteiger partial charge in [-0.1, -0.05) is 0 Å². The summed E-state index contributed by atoms with van der Waals surface area (Å²) in [6.45, 7) is 4.34. The van der Waals surface area contributed by atoms with Crippen LogP contribution in [-0.4, -0.2) is 113 Å². The van der Waals surface area contributed by atoms with Gasteiger partial charge < -0.3 is 50.4 Å². The van der Waals surface area contributed by atoms with Crippen LogP contribution in [0, 0.1) is 10.1 Å². The summed E-state index contributed by atoms with van der Waals surface area (Å²) in [6.07, 6.45) is 7.68. The molecule has 0 fully saturated rings. The maximum absolute atomic E-state index is 12.1. The van der Waals surface area contributed by atoms with Crippen molar-refractivity contribution in [3.63, 3.8) is 0 Å². The van der Waals surface area contributed by atoms with E-state index in [1.54, 1.807) is 50.3 Å². The number of rotatable bonds is 5. The molecule has 4 heterocycles. The number of hydrogen-bond acceptors (Lipinski definition) is 12. The average molecular weight is 868 g/mol. The van der Waals surface area contributed by atoms with Crippen molar-refractivity contribution < 1.29 is 38.3 Å². The summed E-state index contributed by atoms with van der Waals surface area (Å²) in [5, 5.41) is 13.8. The van der Waals surface area contributed by atoms with E-state index in [1.807, 2.05) is 31.3 Å². The fraction of sp³-hybridized carbons (Fsp3) is 0.426. The van der Waals surface area contributed by atoms with Gasteiger partial charge in [0.15, 0.2) is 5.75 Å². The Hall–Kier alpha value is -6.55. The molecule has 0 aromatic heterocycles. The molecule has 0 atom stereocenters. The Labute approximate surface area is 369 Å². The molecule has 338 valence electrons. The van der Waals surface area contributed by atoms with E-state index in [2.05, 4.69) is 29.4 Å². The number of hydrogen-bond donors (Lipinski definition) is 3. The number of nitrogens with one attached hydrogen (secondary N) is 1. The van der Waals surface area contributed by atoms with Gasteiger partial charge in [0.25, 0.3) is 17.7 Å². The molecule has 63 heavy (non-hydrogen) atoms. The highest BCUT2D eigenvalue weighted by atomic mass is 16.6. The topological polar surface area (TPSA) is 205 Å². The van der Waals surface area contributed by atoms with E-state index >= 15 is 0 Å². The Morgan fingerprint density at radius 1 is 0.587 bits per heavy atom. The number of nitrogen functional groups attached to an aromatic ring is 2. The smallest absolute Gasteiger partial charge is 0.311 e. The highest BCUT2D eigenvalue weighted by Crippen LogP contribution is 2.33. The molecule has 0 bridgehead atoms. The van der Waals surface area contributed by atoms with Crippen LogP contribution in [0.15, 0.2) is 54.6 Å². The molecule has 4 aromatic rings. The van der Waals surface area contributed by atoms with Gasteiger partial charge in [-0.3, -0.25) is 24.5 Å². The maximum atomic E-state index is 12.1.